The van der Waals surface area contributed by atoms with Gasteiger partial charge in [0.25, 0.3) is 0 Å². The second-order valence-electron chi connectivity index (χ2n) is 6.01. The zero-order chi connectivity index (χ0) is 18.0. The number of esters is 1. The van der Waals surface area contributed by atoms with Crippen LogP contribution in [-0.4, -0.2) is 23.3 Å². The van der Waals surface area contributed by atoms with Gasteiger partial charge < -0.3 is 9.64 Å². The summed E-state index contributed by atoms with van der Waals surface area (Å²) in [4.78, 5) is 26.5. The summed E-state index contributed by atoms with van der Waals surface area (Å²) in [5.74, 6) is -0.842. The molecule has 0 aliphatic carbocycles. The Morgan fingerprint density at radius 1 is 1.16 bits per heavy atom. The van der Waals surface area contributed by atoms with E-state index in [2.05, 4.69) is 0 Å². The SMILES string of the molecule is C[C@H](c1ccccc1)N1C[C@H](C(=O)Oc2cccc(Cl)c2Cl)CC1=O. The molecule has 0 N–H and O–H groups in total. The largest absolute Gasteiger partial charge is 0.425 e. The molecule has 2 aromatic rings. The Balaban J connectivity index is 1.69. The van der Waals surface area contributed by atoms with E-state index in [0.29, 0.717) is 11.6 Å². The van der Waals surface area contributed by atoms with E-state index in [1.165, 1.54) is 0 Å². The molecule has 1 aliphatic rings. The molecule has 0 aromatic heterocycles. The van der Waals surface area contributed by atoms with E-state index in [9.17, 15) is 9.59 Å². The summed E-state index contributed by atoms with van der Waals surface area (Å²) >= 11 is 12.0. The van der Waals surface area contributed by atoms with Crippen molar-refractivity contribution in [2.24, 2.45) is 5.92 Å². The fraction of sp³-hybridized carbons (Fsp3) is 0.263. The molecule has 1 heterocycles. The van der Waals surface area contributed by atoms with Gasteiger partial charge in [0, 0.05) is 13.0 Å². The van der Waals surface area contributed by atoms with E-state index >= 15 is 0 Å². The average molecular weight is 378 g/mol. The highest BCUT2D eigenvalue weighted by Crippen LogP contribution is 2.33. The third-order valence-corrected chi connectivity index (χ3v) is 5.17. The molecular formula is C19H17Cl2NO3. The number of likely N-dealkylation sites (tertiary alicyclic amines) is 1. The molecule has 2 aromatic carbocycles. The van der Waals surface area contributed by atoms with Crippen molar-refractivity contribution in [1.29, 1.82) is 0 Å². The molecule has 6 heteroatoms. The van der Waals surface area contributed by atoms with Gasteiger partial charge in [-0.1, -0.05) is 59.6 Å². The zero-order valence-electron chi connectivity index (χ0n) is 13.6. The summed E-state index contributed by atoms with van der Waals surface area (Å²) in [5.41, 5.74) is 1.03. The summed E-state index contributed by atoms with van der Waals surface area (Å²) in [6, 6.07) is 14.5. The van der Waals surface area contributed by atoms with Crippen molar-refractivity contribution in [2.45, 2.75) is 19.4 Å². The highest BCUT2D eigenvalue weighted by atomic mass is 35.5. The number of halogens is 2. The summed E-state index contributed by atoms with van der Waals surface area (Å²) < 4.78 is 5.36. The molecule has 3 rings (SSSR count). The summed E-state index contributed by atoms with van der Waals surface area (Å²) in [7, 11) is 0. The molecule has 130 valence electrons. The Morgan fingerprint density at radius 2 is 1.88 bits per heavy atom. The van der Waals surface area contributed by atoms with Gasteiger partial charge in [0.15, 0.2) is 5.75 Å². The van der Waals surface area contributed by atoms with Crippen molar-refractivity contribution in [1.82, 2.24) is 4.90 Å². The number of benzene rings is 2. The second kappa shape index (κ2) is 7.46. The van der Waals surface area contributed by atoms with Crippen LogP contribution in [0.3, 0.4) is 0 Å². The van der Waals surface area contributed by atoms with Crippen LogP contribution in [0, 0.1) is 5.92 Å². The fourth-order valence-corrected chi connectivity index (χ4v) is 3.26. The van der Waals surface area contributed by atoms with E-state index in [-0.39, 0.29) is 29.1 Å². The number of amides is 1. The summed E-state index contributed by atoms with van der Waals surface area (Å²) in [6.45, 7) is 2.28. The minimum absolute atomic E-state index is 0.0597. The normalized spacial score (nSPS) is 18.3. The molecule has 25 heavy (non-hydrogen) atoms. The number of carbonyl (C=O) groups is 2. The van der Waals surface area contributed by atoms with Crippen molar-refractivity contribution >= 4 is 35.1 Å². The zero-order valence-corrected chi connectivity index (χ0v) is 15.1. The second-order valence-corrected chi connectivity index (χ2v) is 6.79. The number of hydrogen-bond donors (Lipinski definition) is 0. The van der Waals surface area contributed by atoms with E-state index < -0.39 is 11.9 Å². The van der Waals surface area contributed by atoms with Gasteiger partial charge in [0.2, 0.25) is 5.91 Å². The third-order valence-electron chi connectivity index (χ3n) is 4.37. The molecule has 0 saturated carbocycles. The molecule has 0 radical (unpaired) electrons. The van der Waals surface area contributed by atoms with Crippen LogP contribution >= 0.6 is 23.2 Å². The summed E-state index contributed by atoms with van der Waals surface area (Å²) in [6.07, 6.45) is 0.133. The number of carbonyl (C=O) groups excluding carboxylic acids is 2. The van der Waals surface area contributed by atoms with Crippen LogP contribution in [0.4, 0.5) is 0 Å². The Labute approximate surface area is 156 Å². The van der Waals surface area contributed by atoms with Crippen molar-refractivity contribution < 1.29 is 14.3 Å². The Morgan fingerprint density at radius 3 is 2.60 bits per heavy atom. The van der Waals surface area contributed by atoms with Crippen molar-refractivity contribution in [3.8, 4) is 5.75 Å². The van der Waals surface area contributed by atoms with Gasteiger partial charge in [-0.15, -0.1) is 0 Å². The molecule has 1 aliphatic heterocycles. The first-order chi connectivity index (χ1) is 12.0. The van der Waals surface area contributed by atoms with Gasteiger partial charge in [0.1, 0.15) is 5.02 Å². The van der Waals surface area contributed by atoms with Gasteiger partial charge >= 0.3 is 5.97 Å². The maximum absolute atomic E-state index is 12.4. The highest BCUT2D eigenvalue weighted by Gasteiger charge is 2.38. The predicted molar refractivity (Wildman–Crippen MR) is 96.8 cm³/mol. The monoisotopic (exact) mass is 377 g/mol. The van der Waals surface area contributed by atoms with Crippen LogP contribution in [0.2, 0.25) is 10.0 Å². The van der Waals surface area contributed by atoms with Gasteiger partial charge in [-0.25, -0.2) is 0 Å². The van der Waals surface area contributed by atoms with E-state index in [1.54, 1.807) is 23.1 Å². The molecule has 0 spiro atoms. The molecule has 1 saturated heterocycles. The van der Waals surface area contributed by atoms with Gasteiger partial charge in [0.05, 0.1) is 17.0 Å². The molecule has 2 atom stereocenters. The lowest BCUT2D eigenvalue weighted by Crippen LogP contribution is -2.30. The topological polar surface area (TPSA) is 46.6 Å². The van der Waals surface area contributed by atoms with Crippen molar-refractivity contribution in [3.63, 3.8) is 0 Å². The highest BCUT2D eigenvalue weighted by molar-refractivity contribution is 6.43. The standard InChI is InChI=1S/C19H17Cl2NO3/c1-12(13-6-3-2-4-7-13)22-11-14(10-17(22)23)19(24)25-16-9-5-8-15(20)18(16)21/h2-9,12,14H,10-11H2,1H3/t12-,14-/m1/s1. The Kier molecular flexibility index (Phi) is 5.30. The van der Waals surface area contributed by atoms with Crippen LogP contribution in [-0.2, 0) is 9.59 Å². The molecule has 1 fully saturated rings. The fourth-order valence-electron chi connectivity index (χ4n) is 2.93. The number of rotatable bonds is 4. The van der Waals surface area contributed by atoms with Crippen molar-refractivity contribution in [3.05, 3.63) is 64.1 Å². The maximum Gasteiger partial charge on any atom is 0.316 e. The Bertz CT molecular complexity index is 795. The molecule has 4 nitrogen and oxygen atoms in total. The molecule has 1 amide bonds. The van der Waals surface area contributed by atoms with E-state index in [4.69, 9.17) is 27.9 Å². The van der Waals surface area contributed by atoms with E-state index in [1.807, 2.05) is 37.3 Å². The quantitative estimate of drug-likeness (QED) is 0.581. The lowest BCUT2D eigenvalue weighted by Gasteiger charge is -2.25. The van der Waals surface area contributed by atoms with Crippen molar-refractivity contribution in [2.75, 3.05) is 6.54 Å². The summed E-state index contributed by atoms with van der Waals surface area (Å²) in [5, 5.41) is 0.505. The number of ether oxygens (including phenoxy) is 1. The molecular weight excluding hydrogens is 361 g/mol. The molecule has 0 unspecified atom stereocenters. The van der Waals surface area contributed by atoms with Gasteiger partial charge in [-0.05, 0) is 24.6 Å². The van der Waals surface area contributed by atoms with Gasteiger partial charge in [-0.3, -0.25) is 9.59 Å². The molecule has 0 bridgehead atoms. The van der Waals surface area contributed by atoms with Crippen LogP contribution in [0.25, 0.3) is 0 Å². The average Bonchev–Trinajstić information content (AvgIpc) is 3.01. The first kappa shape index (κ1) is 17.8. The number of nitrogens with zero attached hydrogens (tertiary/aromatic N) is 1. The first-order valence-corrected chi connectivity index (χ1v) is 8.73. The van der Waals surface area contributed by atoms with Crippen LogP contribution in [0.5, 0.6) is 5.75 Å². The maximum atomic E-state index is 12.4. The minimum Gasteiger partial charge on any atom is -0.425 e. The van der Waals surface area contributed by atoms with Crippen LogP contribution in [0.1, 0.15) is 24.9 Å². The van der Waals surface area contributed by atoms with Crippen LogP contribution < -0.4 is 4.74 Å². The lowest BCUT2D eigenvalue weighted by molar-refractivity contribution is -0.139. The third kappa shape index (κ3) is 3.80. The van der Waals surface area contributed by atoms with E-state index in [0.717, 1.165) is 5.56 Å². The van der Waals surface area contributed by atoms with Crippen LogP contribution in [0.15, 0.2) is 48.5 Å². The van der Waals surface area contributed by atoms with Gasteiger partial charge in [-0.2, -0.15) is 0 Å². The first-order valence-electron chi connectivity index (χ1n) is 7.97. The Hall–Kier alpha value is -2.04. The smallest absolute Gasteiger partial charge is 0.316 e. The number of hydrogen-bond acceptors (Lipinski definition) is 3. The predicted octanol–water partition coefficient (Wildman–Crippen LogP) is 4.51. The minimum atomic E-state index is -0.520. The lowest BCUT2D eigenvalue weighted by atomic mass is 10.1.